The quantitative estimate of drug-likeness (QED) is 0.468. The molecule has 0 saturated carbocycles. The molecule has 1 unspecified atom stereocenters. The maximum Gasteiger partial charge on any atom is 0.367 e. The van der Waals surface area contributed by atoms with Gasteiger partial charge in [0.2, 0.25) is 0 Å². The number of hydrogen-bond acceptors (Lipinski definition) is 4. The van der Waals surface area contributed by atoms with Gasteiger partial charge >= 0.3 is 5.30 Å². The highest BCUT2D eigenvalue weighted by molar-refractivity contribution is 8.13. The number of aromatic nitrogens is 2. The number of rotatable bonds is 7. The summed E-state index contributed by atoms with van der Waals surface area (Å²) in [5, 5.41) is 0.629. The van der Waals surface area contributed by atoms with Crippen LogP contribution in [0.15, 0.2) is 36.9 Å². The van der Waals surface area contributed by atoms with E-state index in [0.29, 0.717) is 23.2 Å². The summed E-state index contributed by atoms with van der Waals surface area (Å²) in [6.45, 7) is 3.06. The smallest absolute Gasteiger partial charge is 0.367 e. The highest BCUT2D eigenvalue weighted by Crippen LogP contribution is 2.37. The Morgan fingerprint density at radius 1 is 1.43 bits per heavy atom. The predicted molar refractivity (Wildman–Crippen MR) is 95.3 cm³/mol. The molecular formula is C16H18Cl2N2O2S. The topological polar surface area (TPSA) is 44.1 Å². The van der Waals surface area contributed by atoms with Crippen LogP contribution in [0.3, 0.4) is 0 Å². The molecule has 0 spiro atoms. The number of imidazole rings is 1. The number of halogens is 2. The standard InChI is InChI=1S/C16H18Cl2N2O2S/c1-2-3-8-22-16(21)23-15(10-20-7-6-19-11-20)13-5-4-12(17)9-14(13)18/h4-7,9,11,15H,2-3,8,10H2,1H3. The Morgan fingerprint density at radius 3 is 2.91 bits per heavy atom. The summed E-state index contributed by atoms with van der Waals surface area (Å²) < 4.78 is 7.15. The molecule has 0 amide bonds. The number of thioether (sulfide) groups is 1. The van der Waals surface area contributed by atoms with E-state index in [9.17, 15) is 4.79 Å². The van der Waals surface area contributed by atoms with Gasteiger partial charge in [0, 0.05) is 29.0 Å². The van der Waals surface area contributed by atoms with Crippen molar-refractivity contribution >= 4 is 40.3 Å². The number of carbonyl (C=O) groups is 1. The maximum atomic E-state index is 12.1. The number of carbonyl (C=O) groups excluding carboxylic acids is 1. The van der Waals surface area contributed by atoms with Gasteiger partial charge in [0.25, 0.3) is 0 Å². The SMILES string of the molecule is CCCCOC(=O)SC(Cn1ccnc1)c1ccc(Cl)cc1Cl. The Kier molecular flexibility index (Phi) is 7.27. The maximum absolute atomic E-state index is 12.1. The Hall–Kier alpha value is -1.17. The highest BCUT2D eigenvalue weighted by atomic mass is 35.5. The van der Waals surface area contributed by atoms with Crippen molar-refractivity contribution in [3.63, 3.8) is 0 Å². The van der Waals surface area contributed by atoms with Crippen LogP contribution in [0.2, 0.25) is 10.0 Å². The van der Waals surface area contributed by atoms with Gasteiger partial charge in [-0.25, -0.2) is 9.78 Å². The zero-order valence-electron chi connectivity index (χ0n) is 12.7. The molecule has 0 bridgehead atoms. The summed E-state index contributed by atoms with van der Waals surface area (Å²) in [6, 6.07) is 5.30. The molecule has 0 aliphatic heterocycles. The third kappa shape index (κ3) is 5.75. The summed E-state index contributed by atoms with van der Waals surface area (Å²) in [7, 11) is 0. The normalized spacial score (nSPS) is 12.1. The van der Waals surface area contributed by atoms with E-state index in [1.165, 1.54) is 0 Å². The first-order valence-corrected chi connectivity index (χ1v) is 8.97. The van der Waals surface area contributed by atoms with Crippen LogP contribution in [0.1, 0.15) is 30.6 Å². The van der Waals surface area contributed by atoms with Crippen molar-refractivity contribution in [2.45, 2.75) is 31.6 Å². The molecule has 0 fully saturated rings. The Morgan fingerprint density at radius 2 is 2.26 bits per heavy atom. The summed E-state index contributed by atoms with van der Waals surface area (Å²) in [6.07, 6.45) is 7.10. The first-order chi connectivity index (χ1) is 11.1. The predicted octanol–water partition coefficient (Wildman–Crippen LogP) is 5.60. The fourth-order valence-electron chi connectivity index (χ4n) is 2.00. The van der Waals surface area contributed by atoms with Crippen LogP contribution in [-0.4, -0.2) is 21.5 Å². The van der Waals surface area contributed by atoms with E-state index in [-0.39, 0.29) is 10.6 Å². The van der Waals surface area contributed by atoms with Gasteiger partial charge in [0.1, 0.15) is 0 Å². The van der Waals surface area contributed by atoms with Crippen molar-refractivity contribution in [2.24, 2.45) is 0 Å². The van der Waals surface area contributed by atoms with Crippen molar-refractivity contribution in [3.05, 3.63) is 52.5 Å². The van der Waals surface area contributed by atoms with Gasteiger partial charge in [-0.2, -0.15) is 0 Å². The lowest BCUT2D eigenvalue weighted by molar-refractivity contribution is 0.173. The summed E-state index contributed by atoms with van der Waals surface area (Å²) in [5.74, 6) is 0. The molecule has 1 heterocycles. The van der Waals surface area contributed by atoms with Gasteiger partial charge in [0.05, 0.1) is 18.2 Å². The van der Waals surface area contributed by atoms with E-state index < -0.39 is 0 Å². The molecule has 0 aliphatic carbocycles. The van der Waals surface area contributed by atoms with Crippen molar-refractivity contribution in [3.8, 4) is 0 Å². The van der Waals surface area contributed by atoms with Crippen LogP contribution < -0.4 is 0 Å². The van der Waals surface area contributed by atoms with Crippen LogP contribution in [-0.2, 0) is 11.3 Å². The minimum absolute atomic E-state index is 0.178. The Labute approximate surface area is 150 Å². The van der Waals surface area contributed by atoms with Crippen LogP contribution in [0.4, 0.5) is 4.79 Å². The van der Waals surface area contributed by atoms with Gasteiger partial charge in [-0.3, -0.25) is 0 Å². The number of ether oxygens (including phenoxy) is 1. The van der Waals surface area contributed by atoms with Crippen LogP contribution in [0.25, 0.3) is 0 Å². The molecule has 1 aromatic carbocycles. The first kappa shape index (κ1) is 18.2. The van der Waals surface area contributed by atoms with E-state index in [0.717, 1.165) is 30.2 Å². The average molecular weight is 373 g/mol. The molecule has 7 heteroatoms. The Bertz CT molecular complexity index is 635. The number of unbranched alkanes of at least 4 members (excludes halogenated alkanes) is 1. The lowest BCUT2D eigenvalue weighted by Crippen LogP contribution is -2.10. The van der Waals surface area contributed by atoms with Gasteiger partial charge < -0.3 is 9.30 Å². The summed E-state index contributed by atoms with van der Waals surface area (Å²) >= 11 is 13.4. The molecule has 0 radical (unpaired) electrons. The van der Waals surface area contributed by atoms with E-state index in [1.807, 2.05) is 16.8 Å². The zero-order valence-corrected chi connectivity index (χ0v) is 15.1. The summed E-state index contributed by atoms with van der Waals surface area (Å²) in [5.41, 5.74) is 0.849. The molecule has 1 aromatic heterocycles. The van der Waals surface area contributed by atoms with Gasteiger partial charge in [-0.05, 0) is 35.9 Å². The molecule has 1 atom stereocenters. The molecule has 2 rings (SSSR count). The van der Waals surface area contributed by atoms with Crippen molar-refractivity contribution < 1.29 is 9.53 Å². The van der Waals surface area contributed by atoms with Gasteiger partial charge in [-0.1, -0.05) is 42.6 Å². The fraction of sp³-hybridized carbons (Fsp3) is 0.375. The number of hydrogen-bond donors (Lipinski definition) is 0. The molecule has 2 aromatic rings. The lowest BCUT2D eigenvalue weighted by atomic mass is 10.1. The second-order valence-electron chi connectivity index (χ2n) is 4.98. The van der Waals surface area contributed by atoms with Gasteiger partial charge in [0.15, 0.2) is 0 Å². The zero-order chi connectivity index (χ0) is 16.7. The molecule has 4 nitrogen and oxygen atoms in total. The number of nitrogens with zero attached hydrogens (tertiary/aromatic N) is 2. The average Bonchev–Trinajstić information content (AvgIpc) is 3.00. The van der Waals surface area contributed by atoms with E-state index >= 15 is 0 Å². The van der Waals surface area contributed by atoms with E-state index in [4.69, 9.17) is 27.9 Å². The molecule has 0 N–H and O–H groups in total. The first-order valence-electron chi connectivity index (χ1n) is 7.34. The molecule has 23 heavy (non-hydrogen) atoms. The molecule has 0 aliphatic rings. The van der Waals surface area contributed by atoms with Crippen molar-refractivity contribution in [1.82, 2.24) is 9.55 Å². The largest absolute Gasteiger partial charge is 0.458 e. The van der Waals surface area contributed by atoms with Gasteiger partial charge in [-0.15, -0.1) is 0 Å². The third-order valence-electron chi connectivity index (χ3n) is 3.20. The van der Waals surface area contributed by atoms with Crippen LogP contribution in [0.5, 0.6) is 0 Å². The number of benzene rings is 1. The minimum Gasteiger partial charge on any atom is -0.458 e. The second kappa shape index (κ2) is 9.21. The van der Waals surface area contributed by atoms with E-state index in [2.05, 4.69) is 11.9 Å². The highest BCUT2D eigenvalue weighted by Gasteiger charge is 2.21. The van der Waals surface area contributed by atoms with Crippen molar-refractivity contribution in [2.75, 3.05) is 6.61 Å². The molecular weight excluding hydrogens is 355 g/mol. The second-order valence-corrected chi connectivity index (χ2v) is 6.97. The van der Waals surface area contributed by atoms with E-state index in [1.54, 1.807) is 24.7 Å². The lowest BCUT2D eigenvalue weighted by Gasteiger charge is -2.18. The van der Waals surface area contributed by atoms with Crippen LogP contribution >= 0.6 is 35.0 Å². The summed E-state index contributed by atoms with van der Waals surface area (Å²) in [4.78, 5) is 16.1. The minimum atomic E-state index is -0.297. The monoisotopic (exact) mass is 372 g/mol. The fourth-order valence-corrected chi connectivity index (χ4v) is 3.57. The third-order valence-corrected chi connectivity index (χ3v) is 4.76. The molecule has 0 saturated heterocycles. The van der Waals surface area contributed by atoms with Crippen LogP contribution in [0, 0.1) is 0 Å². The Balaban J connectivity index is 2.12. The molecule has 124 valence electrons. The van der Waals surface area contributed by atoms with Crippen molar-refractivity contribution in [1.29, 1.82) is 0 Å².